The highest BCUT2D eigenvalue weighted by molar-refractivity contribution is 9.10. The lowest BCUT2D eigenvalue weighted by Gasteiger charge is -2.10. The number of halogens is 1. The highest BCUT2D eigenvalue weighted by Crippen LogP contribution is 2.21. The molecule has 84 valence electrons. The van der Waals surface area contributed by atoms with E-state index in [2.05, 4.69) is 25.8 Å². The molecule has 1 aromatic heterocycles. The number of nitrogens with zero attached hydrogens (tertiary/aromatic N) is 2. The average Bonchev–Trinajstić information content (AvgIpc) is 2.86. The molecule has 4 heteroatoms. The Labute approximate surface area is 103 Å². The standard InChI is InChI=1S/C12H13BrN2O/c13-9-3-4-11-10(7-9)14-12(16-11)8-15-5-1-2-6-15/h3-4,7H,1-2,5-6,8H2. The summed E-state index contributed by atoms with van der Waals surface area (Å²) in [6, 6.07) is 5.93. The smallest absolute Gasteiger partial charge is 0.209 e. The van der Waals surface area contributed by atoms with Crippen LogP contribution in [0.25, 0.3) is 11.1 Å². The molecule has 2 heterocycles. The van der Waals surface area contributed by atoms with Crippen molar-refractivity contribution >= 4 is 27.0 Å². The summed E-state index contributed by atoms with van der Waals surface area (Å²) in [4.78, 5) is 6.89. The van der Waals surface area contributed by atoms with Gasteiger partial charge in [0.2, 0.25) is 5.89 Å². The molecule has 3 nitrogen and oxygen atoms in total. The Balaban J connectivity index is 1.86. The van der Waals surface area contributed by atoms with Crippen molar-refractivity contribution in [2.45, 2.75) is 19.4 Å². The van der Waals surface area contributed by atoms with Crippen molar-refractivity contribution in [2.75, 3.05) is 13.1 Å². The van der Waals surface area contributed by atoms with Gasteiger partial charge >= 0.3 is 0 Å². The van der Waals surface area contributed by atoms with E-state index in [-0.39, 0.29) is 0 Å². The molecule has 1 aromatic carbocycles. The monoisotopic (exact) mass is 280 g/mol. The fourth-order valence-corrected chi connectivity index (χ4v) is 2.50. The second-order valence-electron chi connectivity index (χ2n) is 4.20. The Kier molecular flexibility index (Phi) is 2.69. The molecule has 1 aliphatic rings. The maximum atomic E-state index is 5.71. The van der Waals surface area contributed by atoms with Gasteiger partial charge in [-0.2, -0.15) is 0 Å². The second-order valence-corrected chi connectivity index (χ2v) is 5.12. The minimum Gasteiger partial charge on any atom is -0.439 e. The lowest BCUT2D eigenvalue weighted by Crippen LogP contribution is -2.18. The lowest BCUT2D eigenvalue weighted by atomic mass is 10.3. The molecule has 0 radical (unpaired) electrons. The summed E-state index contributed by atoms with van der Waals surface area (Å²) in [6.07, 6.45) is 2.59. The van der Waals surface area contributed by atoms with E-state index in [1.807, 2.05) is 18.2 Å². The number of hydrogen-bond acceptors (Lipinski definition) is 3. The van der Waals surface area contributed by atoms with E-state index < -0.39 is 0 Å². The van der Waals surface area contributed by atoms with E-state index in [9.17, 15) is 0 Å². The predicted octanol–water partition coefficient (Wildman–Crippen LogP) is 3.19. The van der Waals surface area contributed by atoms with Crippen LogP contribution >= 0.6 is 15.9 Å². The molecule has 0 N–H and O–H groups in total. The van der Waals surface area contributed by atoms with Gasteiger partial charge in [0.15, 0.2) is 5.58 Å². The molecule has 0 aliphatic carbocycles. The number of oxazole rings is 1. The molecule has 0 amide bonds. The second kappa shape index (κ2) is 4.18. The van der Waals surface area contributed by atoms with Gasteiger partial charge in [-0.05, 0) is 44.1 Å². The Hall–Kier alpha value is -0.870. The van der Waals surface area contributed by atoms with E-state index in [0.29, 0.717) is 0 Å². The molecule has 1 saturated heterocycles. The van der Waals surface area contributed by atoms with Crippen LogP contribution in [0, 0.1) is 0 Å². The van der Waals surface area contributed by atoms with Crippen molar-refractivity contribution in [1.29, 1.82) is 0 Å². The van der Waals surface area contributed by atoms with Crippen LogP contribution in [0.5, 0.6) is 0 Å². The summed E-state index contributed by atoms with van der Waals surface area (Å²) >= 11 is 3.44. The van der Waals surface area contributed by atoms with Gasteiger partial charge in [0.25, 0.3) is 0 Å². The van der Waals surface area contributed by atoms with Gasteiger partial charge in [-0.3, -0.25) is 4.90 Å². The summed E-state index contributed by atoms with van der Waals surface area (Å²) < 4.78 is 6.75. The number of fused-ring (bicyclic) bond motifs is 1. The van der Waals surface area contributed by atoms with Gasteiger partial charge in [-0.25, -0.2) is 4.98 Å². The van der Waals surface area contributed by atoms with Crippen molar-refractivity contribution in [1.82, 2.24) is 9.88 Å². The van der Waals surface area contributed by atoms with Crippen molar-refractivity contribution in [3.63, 3.8) is 0 Å². The van der Waals surface area contributed by atoms with Gasteiger partial charge in [-0.15, -0.1) is 0 Å². The Bertz CT molecular complexity index is 503. The van der Waals surface area contributed by atoms with Crippen LogP contribution in [0.1, 0.15) is 18.7 Å². The van der Waals surface area contributed by atoms with Crippen molar-refractivity contribution in [3.05, 3.63) is 28.6 Å². The SMILES string of the molecule is Brc1ccc2oc(CN3CCCC3)nc2c1. The van der Waals surface area contributed by atoms with E-state index in [4.69, 9.17) is 4.42 Å². The molecule has 2 aromatic rings. The zero-order valence-corrected chi connectivity index (χ0v) is 10.5. The first kappa shape index (κ1) is 10.3. The van der Waals surface area contributed by atoms with Crippen molar-refractivity contribution in [3.8, 4) is 0 Å². The molecule has 0 spiro atoms. The first-order valence-corrected chi connectivity index (χ1v) is 6.38. The molecule has 16 heavy (non-hydrogen) atoms. The third kappa shape index (κ3) is 1.99. The van der Waals surface area contributed by atoms with Gasteiger partial charge in [0.05, 0.1) is 6.54 Å². The lowest BCUT2D eigenvalue weighted by molar-refractivity contribution is 0.295. The summed E-state index contributed by atoms with van der Waals surface area (Å²) in [5.41, 5.74) is 1.81. The molecule has 0 bridgehead atoms. The highest BCUT2D eigenvalue weighted by atomic mass is 79.9. The molecule has 0 atom stereocenters. The summed E-state index contributed by atoms with van der Waals surface area (Å²) in [6.45, 7) is 3.18. The summed E-state index contributed by atoms with van der Waals surface area (Å²) in [7, 11) is 0. The summed E-state index contributed by atoms with van der Waals surface area (Å²) in [5.74, 6) is 0.829. The third-order valence-corrected chi connectivity index (χ3v) is 3.44. The molecule has 0 unspecified atom stereocenters. The fourth-order valence-electron chi connectivity index (χ4n) is 2.15. The van der Waals surface area contributed by atoms with Crippen molar-refractivity contribution < 1.29 is 4.42 Å². The maximum absolute atomic E-state index is 5.71. The number of benzene rings is 1. The third-order valence-electron chi connectivity index (χ3n) is 2.95. The van der Waals surface area contributed by atoms with E-state index in [0.717, 1.165) is 28.0 Å². The number of likely N-dealkylation sites (tertiary alicyclic amines) is 1. The first-order valence-electron chi connectivity index (χ1n) is 5.58. The van der Waals surface area contributed by atoms with E-state index >= 15 is 0 Å². The van der Waals surface area contributed by atoms with Crippen LogP contribution in [-0.2, 0) is 6.54 Å². The van der Waals surface area contributed by atoms with E-state index in [1.165, 1.54) is 25.9 Å². The highest BCUT2D eigenvalue weighted by Gasteiger charge is 2.15. The van der Waals surface area contributed by atoms with Crippen LogP contribution in [0.15, 0.2) is 27.1 Å². The molecular weight excluding hydrogens is 268 g/mol. The van der Waals surface area contributed by atoms with Crippen LogP contribution in [-0.4, -0.2) is 23.0 Å². The molecule has 3 rings (SSSR count). The van der Waals surface area contributed by atoms with Gasteiger partial charge in [-0.1, -0.05) is 15.9 Å². The number of hydrogen-bond donors (Lipinski definition) is 0. The quantitative estimate of drug-likeness (QED) is 0.846. The molecule has 0 saturated carbocycles. The molecular formula is C12H13BrN2O. The zero-order valence-electron chi connectivity index (χ0n) is 8.95. The Morgan fingerprint density at radius 1 is 1.31 bits per heavy atom. The Morgan fingerprint density at radius 2 is 2.12 bits per heavy atom. The maximum Gasteiger partial charge on any atom is 0.209 e. The van der Waals surface area contributed by atoms with Gasteiger partial charge < -0.3 is 4.42 Å². The van der Waals surface area contributed by atoms with Crippen LogP contribution in [0.2, 0.25) is 0 Å². The summed E-state index contributed by atoms with van der Waals surface area (Å²) in [5, 5.41) is 0. The van der Waals surface area contributed by atoms with Gasteiger partial charge in [0.1, 0.15) is 5.52 Å². The van der Waals surface area contributed by atoms with Crippen LogP contribution < -0.4 is 0 Å². The largest absolute Gasteiger partial charge is 0.439 e. The first-order chi connectivity index (χ1) is 7.81. The molecule has 1 aliphatic heterocycles. The average molecular weight is 281 g/mol. The van der Waals surface area contributed by atoms with Gasteiger partial charge in [0, 0.05) is 4.47 Å². The zero-order chi connectivity index (χ0) is 11.0. The topological polar surface area (TPSA) is 29.3 Å². The Morgan fingerprint density at radius 3 is 2.94 bits per heavy atom. The van der Waals surface area contributed by atoms with E-state index in [1.54, 1.807) is 0 Å². The van der Waals surface area contributed by atoms with Crippen LogP contribution in [0.4, 0.5) is 0 Å². The van der Waals surface area contributed by atoms with Crippen molar-refractivity contribution in [2.24, 2.45) is 0 Å². The predicted molar refractivity (Wildman–Crippen MR) is 66.2 cm³/mol. The fraction of sp³-hybridized carbons (Fsp3) is 0.417. The minimum atomic E-state index is 0.829. The number of aromatic nitrogens is 1. The number of rotatable bonds is 2. The molecule has 1 fully saturated rings. The van der Waals surface area contributed by atoms with Crippen LogP contribution in [0.3, 0.4) is 0 Å². The minimum absolute atomic E-state index is 0.829. The normalized spacial score (nSPS) is 17.3.